The molecule has 0 saturated heterocycles. The maximum absolute atomic E-state index is 10.8. The molecule has 0 aliphatic rings. The molecule has 2 aromatic rings. The van der Waals surface area contributed by atoms with Crippen LogP contribution in [0.25, 0.3) is 11.3 Å². The molecular weight excluding hydrogens is 216 g/mol. The fraction of sp³-hybridized carbons (Fsp3) is 0. The van der Waals surface area contributed by atoms with E-state index < -0.39 is 5.97 Å². The van der Waals surface area contributed by atoms with E-state index in [4.69, 9.17) is 5.11 Å². The average molecular weight is 222 g/mol. The number of para-hydroxylation sites is 1. The molecule has 1 heterocycles. The first-order chi connectivity index (χ1) is 7.20. The Morgan fingerprint density at radius 1 is 1.33 bits per heavy atom. The van der Waals surface area contributed by atoms with Gasteiger partial charge in [0.15, 0.2) is 4.88 Å². The minimum absolute atomic E-state index is 0.00676. The van der Waals surface area contributed by atoms with E-state index in [9.17, 15) is 9.90 Å². The minimum Gasteiger partial charge on any atom is -0.507 e. The number of hydrogen-bond acceptors (Lipinski definition) is 5. The molecule has 0 amide bonds. The van der Waals surface area contributed by atoms with E-state index in [1.54, 1.807) is 18.2 Å². The summed E-state index contributed by atoms with van der Waals surface area (Å²) in [4.78, 5) is 10.8. The van der Waals surface area contributed by atoms with Crippen LogP contribution in [0.3, 0.4) is 0 Å². The van der Waals surface area contributed by atoms with Crippen LogP contribution in [-0.4, -0.2) is 25.8 Å². The molecule has 1 aromatic carbocycles. The molecule has 0 saturated carbocycles. The van der Waals surface area contributed by atoms with Crippen molar-refractivity contribution in [2.75, 3.05) is 0 Å². The molecule has 2 rings (SSSR count). The Morgan fingerprint density at radius 2 is 2.07 bits per heavy atom. The number of carbonyl (C=O) groups is 1. The maximum atomic E-state index is 10.8. The Labute approximate surface area is 88.8 Å². The zero-order valence-corrected chi connectivity index (χ0v) is 8.23. The van der Waals surface area contributed by atoms with Gasteiger partial charge >= 0.3 is 5.97 Å². The van der Waals surface area contributed by atoms with Gasteiger partial charge in [0.1, 0.15) is 11.4 Å². The number of hydrogen-bond donors (Lipinski definition) is 2. The van der Waals surface area contributed by atoms with E-state index >= 15 is 0 Å². The van der Waals surface area contributed by atoms with Gasteiger partial charge < -0.3 is 10.2 Å². The molecule has 76 valence electrons. The molecule has 0 radical (unpaired) electrons. The normalized spacial score (nSPS) is 10.1. The van der Waals surface area contributed by atoms with Crippen LogP contribution < -0.4 is 0 Å². The molecule has 1 aromatic heterocycles. The van der Waals surface area contributed by atoms with Crippen molar-refractivity contribution in [3.8, 4) is 17.0 Å². The third-order valence-corrected chi connectivity index (χ3v) is 2.56. The summed E-state index contributed by atoms with van der Waals surface area (Å²) in [6.07, 6.45) is 0. The van der Waals surface area contributed by atoms with Crippen molar-refractivity contribution in [3.63, 3.8) is 0 Å². The van der Waals surface area contributed by atoms with E-state index in [-0.39, 0.29) is 16.3 Å². The number of nitrogens with zero attached hydrogens (tertiary/aromatic N) is 2. The number of phenolic OH excluding ortho intramolecular Hbond substituents is 1. The minimum atomic E-state index is -1.09. The molecule has 0 spiro atoms. The predicted molar refractivity (Wildman–Crippen MR) is 54.0 cm³/mol. The fourth-order valence-corrected chi connectivity index (χ4v) is 1.70. The number of phenols is 1. The number of carboxylic acid groups (broad SMARTS) is 1. The molecule has 6 heteroatoms. The lowest BCUT2D eigenvalue weighted by Crippen LogP contribution is -1.95. The highest BCUT2D eigenvalue weighted by atomic mass is 32.1. The Morgan fingerprint density at radius 3 is 2.73 bits per heavy atom. The van der Waals surface area contributed by atoms with Crippen molar-refractivity contribution in [2.45, 2.75) is 0 Å². The first-order valence-corrected chi connectivity index (χ1v) is 4.81. The fourth-order valence-electron chi connectivity index (χ4n) is 1.18. The summed E-state index contributed by atoms with van der Waals surface area (Å²) < 4.78 is 3.56. The van der Waals surface area contributed by atoms with Gasteiger partial charge in [-0.3, -0.25) is 0 Å². The summed E-state index contributed by atoms with van der Waals surface area (Å²) >= 11 is 0.789. The molecule has 0 atom stereocenters. The zero-order chi connectivity index (χ0) is 10.8. The van der Waals surface area contributed by atoms with Crippen LogP contribution in [0.4, 0.5) is 0 Å². The molecule has 0 fully saturated rings. The number of rotatable bonds is 2. The summed E-state index contributed by atoms with van der Waals surface area (Å²) in [5.41, 5.74) is 0.578. The molecule has 0 aliphatic heterocycles. The number of benzene rings is 1. The lowest BCUT2D eigenvalue weighted by Gasteiger charge is -2.00. The van der Waals surface area contributed by atoms with Gasteiger partial charge in [0.2, 0.25) is 0 Å². The van der Waals surface area contributed by atoms with E-state index in [2.05, 4.69) is 9.59 Å². The van der Waals surface area contributed by atoms with Gasteiger partial charge in [-0.2, -0.15) is 0 Å². The van der Waals surface area contributed by atoms with Gasteiger partial charge in [-0.25, -0.2) is 4.79 Å². The third kappa shape index (κ3) is 1.66. The van der Waals surface area contributed by atoms with Crippen LogP contribution in [0, 0.1) is 0 Å². The van der Waals surface area contributed by atoms with Gasteiger partial charge in [0.25, 0.3) is 0 Å². The number of carboxylic acids is 1. The first kappa shape index (κ1) is 9.60. The number of aromatic nitrogens is 2. The quantitative estimate of drug-likeness (QED) is 0.806. The number of aromatic hydroxyl groups is 1. The van der Waals surface area contributed by atoms with Crippen molar-refractivity contribution in [1.82, 2.24) is 9.59 Å². The summed E-state index contributed by atoms with van der Waals surface area (Å²) in [5.74, 6) is -1.10. The van der Waals surface area contributed by atoms with E-state index in [1.165, 1.54) is 6.07 Å². The Hall–Kier alpha value is -1.95. The molecule has 5 nitrogen and oxygen atoms in total. The van der Waals surface area contributed by atoms with E-state index in [0.29, 0.717) is 5.56 Å². The highest BCUT2D eigenvalue weighted by Gasteiger charge is 2.18. The second-order valence-corrected chi connectivity index (χ2v) is 3.53. The molecule has 15 heavy (non-hydrogen) atoms. The first-order valence-electron chi connectivity index (χ1n) is 4.04. The van der Waals surface area contributed by atoms with Crippen molar-refractivity contribution >= 4 is 17.5 Å². The predicted octanol–water partition coefficient (Wildman–Crippen LogP) is 1.61. The highest BCUT2D eigenvalue weighted by Crippen LogP contribution is 2.30. The Kier molecular flexibility index (Phi) is 2.34. The molecule has 0 unspecified atom stereocenters. The molecule has 0 aliphatic carbocycles. The molecule has 2 N–H and O–H groups in total. The monoisotopic (exact) mass is 222 g/mol. The van der Waals surface area contributed by atoms with Gasteiger partial charge in [-0.15, -0.1) is 5.10 Å². The van der Waals surface area contributed by atoms with Gasteiger partial charge in [0, 0.05) is 5.56 Å². The average Bonchev–Trinajstić information content (AvgIpc) is 2.67. The smallest absolute Gasteiger partial charge is 0.349 e. The number of aromatic carboxylic acids is 1. The SMILES string of the molecule is O=C(O)c1snnc1-c1ccccc1O. The van der Waals surface area contributed by atoms with Crippen LogP contribution in [0.2, 0.25) is 0 Å². The van der Waals surface area contributed by atoms with Crippen molar-refractivity contribution < 1.29 is 15.0 Å². The summed E-state index contributed by atoms with van der Waals surface area (Å²) in [6.45, 7) is 0. The van der Waals surface area contributed by atoms with Crippen LogP contribution in [0.15, 0.2) is 24.3 Å². The zero-order valence-electron chi connectivity index (χ0n) is 7.41. The summed E-state index contributed by atoms with van der Waals surface area (Å²) in [7, 11) is 0. The van der Waals surface area contributed by atoms with Crippen molar-refractivity contribution in [1.29, 1.82) is 0 Å². The Balaban J connectivity index is 2.59. The summed E-state index contributed by atoms with van der Waals surface area (Å²) in [6, 6.07) is 6.41. The Bertz CT molecular complexity index is 510. The lowest BCUT2D eigenvalue weighted by molar-refractivity contribution is 0.0702. The topological polar surface area (TPSA) is 83.3 Å². The van der Waals surface area contributed by atoms with Crippen LogP contribution in [-0.2, 0) is 0 Å². The standard InChI is InChI=1S/C9H6N2O3S/c12-6-4-2-1-3-5(6)7-8(9(13)14)15-11-10-7/h1-4,12H,(H,13,14). The second kappa shape index (κ2) is 3.66. The second-order valence-electron chi connectivity index (χ2n) is 2.77. The highest BCUT2D eigenvalue weighted by molar-refractivity contribution is 7.08. The largest absolute Gasteiger partial charge is 0.507 e. The van der Waals surface area contributed by atoms with Gasteiger partial charge in [-0.05, 0) is 23.7 Å². The molecule has 0 bridgehead atoms. The van der Waals surface area contributed by atoms with Crippen molar-refractivity contribution in [3.05, 3.63) is 29.1 Å². The van der Waals surface area contributed by atoms with Gasteiger partial charge in [-0.1, -0.05) is 16.6 Å². The van der Waals surface area contributed by atoms with E-state index in [1.807, 2.05) is 0 Å². The van der Waals surface area contributed by atoms with Crippen molar-refractivity contribution in [2.24, 2.45) is 0 Å². The van der Waals surface area contributed by atoms with Crippen LogP contribution in [0.5, 0.6) is 5.75 Å². The maximum Gasteiger partial charge on any atom is 0.349 e. The summed E-state index contributed by atoms with van der Waals surface area (Å²) in [5, 5.41) is 22.1. The molecular formula is C9H6N2O3S. The third-order valence-electron chi connectivity index (χ3n) is 1.84. The van der Waals surface area contributed by atoms with E-state index in [0.717, 1.165) is 11.5 Å². The van der Waals surface area contributed by atoms with Gasteiger partial charge in [0.05, 0.1) is 0 Å². The lowest BCUT2D eigenvalue weighted by atomic mass is 10.1. The van der Waals surface area contributed by atoms with Crippen LogP contribution in [0.1, 0.15) is 9.67 Å². The van der Waals surface area contributed by atoms with Crippen LogP contribution >= 0.6 is 11.5 Å².